The van der Waals surface area contributed by atoms with Crippen LogP contribution in [0.4, 0.5) is 0 Å². The number of ether oxygens (including phenoxy) is 1. The Morgan fingerprint density at radius 2 is 2.04 bits per heavy atom. The Kier molecular flexibility index (Phi) is 7.14. The van der Waals surface area contributed by atoms with Crippen molar-refractivity contribution in [2.75, 3.05) is 6.61 Å². The molecule has 0 spiro atoms. The number of carbonyl (C=O) groups is 4. The van der Waals surface area contributed by atoms with Crippen molar-refractivity contribution in [3.63, 3.8) is 0 Å². The van der Waals surface area contributed by atoms with E-state index in [4.69, 9.17) is 4.74 Å². The summed E-state index contributed by atoms with van der Waals surface area (Å²) in [5.41, 5.74) is -0.221. The van der Waals surface area contributed by atoms with Gasteiger partial charge in [0.25, 0.3) is 0 Å². The number of hydrogen-bond donors (Lipinski definition) is 1. The molecule has 2 aliphatic heterocycles. The van der Waals surface area contributed by atoms with Crippen LogP contribution in [0.5, 0.6) is 0 Å². The van der Waals surface area contributed by atoms with E-state index in [-0.39, 0.29) is 59.2 Å². The zero-order chi connectivity index (χ0) is 19.0. The molecule has 1 saturated heterocycles. The molecule has 8 nitrogen and oxygen atoms in total. The second-order valence-electron chi connectivity index (χ2n) is 5.75. The molecule has 3 rings (SSSR count). The Bertz CT molecular complexity index is 810. The van der Waals surface area contributed by atoms with Gasteiger partial charge in [-0.25, -0.2) is 0 Å². The summed E-state index contributed by atoms with van der Waals surface area (Å²) in [7, 11) is 0. The maximum Gasteiger partial charge on any atom is 1.00 e. The maximum atomic E-state index is 12.6. The van der Waals surface area contributed by atoms with Crippen molar-refractivity contribution in [1.29, 1.82) is 0 Å². The van der Waals surface area contributed by atoms with Gasteiger partial charge in [0.15, 0.2) is 0 Å². The third kappa shape index (κ3) is 4.24. The number of aliphatic carboxylic acids is 1. The van der Waals surface area contributed by atoms with E-state index in [9.17, 15) is 24.3 Å². The molecular weight excluding hydrogens is 403 g/mol. The van der Waals surface area contributed by atoms with Crippen molar-refractivity contribution in [3.05, 3.63) is 33.7 Å². The minimum absolute atomic E-state index is 0. The van der Waals surface area contributed by atoms with Gasteiger partial charge in [0.05, 0.1) is 11.7 Å². The van der Waals surface area contributed by atoms with E-state index in [0.29, 0.717) is 0 Å². The third-order valence-corrected chi connectivity index (χ3v) is 6.38. The second kappa shape index (κ2) is 8.78. The summed E-state index contributed by atoms with van der Waals surface area (Å²) in [5.74, 6) is -3.36. The summed E-state index contributed by atoms with van der Waals surface area (Å²) in [6.45, 7) is 2.14. The number of carbonyl (C=O) groups excluding carboxylic acids is 4. The Hall–Kier alpha value is -1.33. The van der Waals surface area contributed by atoms with Crippen LogP contribution in [0.25, 0.3) is 0 Å². The first-order chi connectivity index (χ1) is 12.3. The summed E-state index contributed by atoms with van der Waals surface area (Å²) in [6, 6.07) is 3.63. The smallest absolute Gasteiger partial charge is 0.543 e. The standard InChI is InChI=1S/C16H16N2O6S2.Na/c1-7(19)17-13-9(6-24-8(2)20)12(16(22)23)18-14(21)11(15(18)26-13)10-4-3-5-25-10;/h3-5,11,13,15H,6H2,1-2H3,(H,17,19)(H,22,23);/q;+1/p-1/t11?,13?,15-;/m1./s1. The van der Waals surface area contributed by atoms with Crippen molar-refractivity contribution >= 4 is 46.9 Å². The number of β-lactam (4-membered cyclic amide) rings is 1. The molecule has 1 N–H and O–H groups in total. The number of hydrogen-bond acceptors (Lipinski definition) is 8. The molecular formula is C16H15N2NaO6S2. The van der Waals surface area contributed by atoms with Crippen molar-refractivity contribution in [2.45, 2.75) is 30.5 Å². The monoisotopic (exact) mass is 418 g/mol. The molecule has 0 saturated carbocycles. The molecule has 2 amide bonds. The Labute approximate surface area is 185 Å². The number of fused-ring (bicyclic) bond motifs is 1. The number of rotatable bonds is 5. The number of nitrogens with zero attached hydrogens (tertiary/aromatic N) is 1. The van der Waals surface area contributed by atoms with E-state index >= 15 is 0 Å². The average Bonchev–Trinajstić information content (AvgIpc) is 3.05. The van der Waals surface area contributed by atoms with E-state index in [1.54, 1.807) is 0 Å². The molecule has 2 aliphatic rings. The average molecular weight is 418 g/mol. The van der Waals surface area contributed by atoms with Gasteiger partial charge in [0.2, 0.25) is 11.8 Å². The third-order valence-electron chi connectivity index (χ3n) is 3.99. The summed E-state index contributed by atoms with van der Waals surface area (Å²) in [6.07, 6.45) is 0. The van der Waals surface area contributed by atoms with Gasteiger partial charge in [-0.15, -0.1) is 23.1 Å². The van der Waals surface area contributed by atoms with Gasteiger partial charge in [-0.2, -0.15) is 0 Å². The fourth-order valence-corrected chi connectivity index (χ4v) is 5.47. The van der Waals surface area contributed by atoms with E-state index in [1.165, 1.54) is 36.9 Å². The minimum atomic E-state index is -1.55. The maximum absolute atomic E-state index is 12.6. The number of carboxylic acid groups (broad SMARTS) is 1. The molecule has 3 heterocycles. The number of thiophene rings is 1. The van der Waals surface area contributed by atoms with Gasteiger partial charge in [-0.3, -0.25) is 19.3 Å². The SMILES string of the molecule is CC(=O)NC1S[C@@H]2C(c3cccs3)C(=O)N2C(C(=O)[O-])=C1COC(C)=O.[Na+]. The van der Waals surface area contributed by atoms with Crippen LogP contribution in [0, 0.1) is 0 Å². The Balaban J connectivity index is 0.00000261. The minimum Gasteiger partial charge on any atom is -0.543 e. The predicted molar refractivity (Wildman–Crippen MR) is 91.6 cm³/mol. The van der Waals surface area contributed by atoms with E-state index in [2.05, 4.69) is 5.32 Å². The topological polar surface area (TPSA) is 116 Å². The molecule has 0 aliphatic carbocycles. The summed E-state index contributed by atoms with van der Waals surface area (Å²) >= 11 is 2.65. The molecule has 2 unspecified atom stereocenters. The van der Waals surface area contributed by atoms with Crippen LogP contribution in [0.2, 0.25) is 0 Å². The van der Waals surface area contributed by atoms with Gasteiger partial charge in [0, 0.05) is 24.3 Å². The largest absolute Gasteiger partial charge is 1.00 e. The van der Waals surface area contributed by atoms with E-state index in [0.717, 1.165) is 9.78 Å². The Morgan fingerprint density at radius 3 is 2.56 bits per heavy atom. The zero-order valence-electron chi connectivity index (χ0n) is 14.9. The molecule has 1 aromatic rings. The summed E-state index contributed by atoms with van der Waals surface area (Å²) in [4.78, 5) is 49.0. The first-order valence-corrected chi connectivity index (χ1v) is 9.50. The second-order valence-corrected chi connectivity index (χ2v) is 7.96. The summed E-state index contributed by atoms with van der Waals surface area (Å²) in [5, 5.41) is 15.0. The molecule has 0 aromatic carbocycles. The van der Waals surface area contributed by atoms with Gasteiger partial charge < -0.3 is 20.0 Å². The molecule has 11 heteroatoms. The van der Waals surface area contributed by atoms with Gasteiger partial charge in [0.1, 0.15) is 23.3 Å². The number of nitrogens with one attached hydrogen (secondary N) is 1. The predicted octanol–water partition coefficient (Wildman–Crippen LogP) is -3.22. The first-order valence-electron chi connectivity index (χ1n) is 7.68. The van der Waals surface area contributed by atoms with Gasteiger partial charge in [-0.1, -0.05) is 6.07 Å². The molecule has 27 heavy (non-hydrogen) atoms. The number of carboxylic acids is 1. The van der Waals surface area contributed by atoms with Crippen LogP contribution in [0.15, 0.2) is 28.8 Å². The molecule has 0 bridgehead atoms. The quantitative estimate of drug-likeness (QED) is 0.304. The van der Waals surface area contributed by atoms with Gasteiger partial charge >= 0.3 is 35.5 Å². The molecule has 0 radical (unpaired) electrons. The Morgan fingerprint density at radius 1 is 1.33 bits per heavy atom. The van der Waals surface area contributed by atoms with E-state index < -0.39 is 28.6 Å². The van der Waals surface area contributed by atoms with Crippen LogP contribution < -0.4 is 40.0 Å². The number of amides is 2. The zero-order valence-corrected chi connectivity index (χ0v) is 18.5. The molecule has 3 atom stereocenters. The van der Waals surface area contributed by atoms with Crippen LogP contribution >= 0.6 is 23.1 Å². The summed E-state index contributed by atoms with van der Waals surface area (Å²) < 4.78 is 4.93. The fourth-order valence-electron chi connectivity index (χ4n) is 2.93. The first kappa shape index (κ1) is 22.0. The van der Waals surface area contributed by atoms with Gasteiger partial charge in [-0.05, 0) is 11.4 Å². The number of thioether (sulfide) groups is 1. The normalized spacial score (nSPS) is 23.7. The molecule has 138 valence electrons. The fraction of sp³-hybridized carbons (Fsp3) is 0.375. The van der Waals surface area contributed by atoms with Crippen LogP contribution in [0.3, 0.4) is 0 Å². The molecule has 1 fully saturated rings. The molecule has 1 aromatic heterocycles. The van der Waals surface area contributed by atoms with Crippen LogP contribution in [-0.4, -0.2) is 46.0 Å². The van der Waals surface area contributed by atoms with Crippen molar-refractivity contribution in [2.24, 2.45) is 0 Å². The van der Waals surface area contributed by atoms with Crippen molar-refractivity contribution in [1.82, 2.24) is 10.2 Å². The van der Waals surface area contributed by atoms with Crippen LogP contribution in [0.1, 0.15) is 24.6 Å². The number of esters is 1. The van der Waals surface area contributed by atoms with Crippen LogP contribution in [-0.2, 0) is 23.9 Å². The van der Waals surface area contributed by atoms with Crippen molar-refractivity contribution in [3.8, 4) is 0 Å². The van der Waals surface area contributed by atoms with Crippen molar-refractivity contribution < 1.29 is 58.6 Å². The van der Waals surface area contributed by atoms with E-state index in [1.807, 2.05) is 17.5 Å².